The van der Waals surface area contributed by atoms with Crippen LogP contribution in [0.5, 0.6) is 0 Å². The van der Waals surface area contributed by atoms with Gasteiger partial charge < -0.3 is 10.2 Å². The lowest BCUT2D eigenvalue weighted by Crippen LogP contribution is -1.98. The average Bonchev–Trinajstić information content (AvgIpc) is 2.14. The van der Waals surface area contributed by atoms with Gasteiger partial charge in [-0.25, -0.2) is 4.79 Å². The summed E-state index contributed by atoms with van der Waals surface area (Å²) in [5.41, 5.74) is 0.416. The smallest absolute Gasteiger partial charge is 0.330 e. The molecule has 0 bridgehead atoms. The highest BCUT2D eigenvalue weighted by Gasteiger charge is 2.02. The Morgan fingerprint density at radius 2 is 2.07 bits per heavy atom. The summed E-state index contributed by atoms with van der Waals surface area (Å²) in [6, 6.07) is 0. The Kier molecular flexibility index (Phi) is 7.11. The number of hydrogen-bond acceptors (Lipinski definition) is 2. The molecule has 0 saturated carbocycles. The highest BCUT2D eigenvalue weighted by atomic mass is 16.4. The Morgan fingerprint density at radius 3 is 2.57 bits per heavy atom. The zero-order valence-corrected chi connectivity index (χ0v) is 8.99. The molecular formula is C11H20O3. The topological polar surface area (TPSA) is 57.5 Å². The van der Waals surface area contributed by atoms with Crippen molar-refractivity contribution in [2.75, 3.05) is 6.61 Å². The molecule has 0 radical (unpaired) electrons. The molecule has 1 atom stereocenters. The number of aliphatic hydroxyl groups is 1. The van der Waals surface area contributed by atoms with E-state index in [-0.39, 0.29) is 6.61 Å². The summed E-state index contributed by atoms with van der Waals surface area (Å²) in [4.78, 5) is 10.4. The fourth-order valence-corrected chi connectivity index (χ4v) is 1.26. The summed E-state index contributed by atoms with van der Waals surface area (Å²) < 4.78 is 0. The molecule has 82 valence electrons. The quantitative estimate of drug-likeness (QED) is 0.619. The fraction of sp³-hybridized carbons (Fsp3) is 0.727. The molecule has 3 heteroatoms. The second kappa shape index (κ2) is 7.56. The van der Waals surface area contributed by atoms with E-state index in [1.165, 1.54) is 0 Å². The molecule has 0 rings (SSSR count). The number of aliphatic hydroxyl groups excluding tert-OH is 1. The van der Waals surface area contributed by atoms with Gasteiger partial charge in [-0.05, 0) is 38.5 Å². The van der Waals surface area contributed by atoms with Crippen molar-refractivity contribution in [3.05, 3.63) is 11.6 Å². The average molecular weight is 200 g/mol. The fourth-order valence-electron chi connectivity index (χ4n) is 1.26. The van der Waals surface area contributed by atoms with E-state index in [2.05, 4.69) is 6.92 Å². The summed E-state index contributed by atoms with van der Waals surface area (Å²) in [5, 5.41) is 17.2. The van der Waals surface area contributed by atoms with E-state index in [1.54, 1.807) is 13.0 Å². The summed E-state index contributed by atoms with van der Waals surface area (Å²) in [6.45, 7) is 3.98. The Hall–Kier alpha value is -0.830. The van der Waals surface area contributed by atoms with Crippen molar-refractivity contribution in [1.29, 1.82) is 0 Å². The molecule has 0 aromatic carbocycles. The molecule has 2 N–H and O–H groups in total. The van der Waals surface area contributed by atoms with Crippen LogP contribution in [0.3, 0.4) is 0 Å². The second-order valence-corrected chi connectivity index (χ2v) is 3.74. The number of carboxylic acids is 1. The van der Waals surface area contributed by atoms with Crippen LogP contribution in [0, 0.1) is 5.92 Å². The van der Waals surface area contributed by atoms with Crippen molar-refractivity contribution in [3.8, 4) is 0 Å². The molecule has 0 aromatic heterocycles. The normalized spacial score (nSPS) is 14.1. The predicted molar refractivity (Wildman–Crippen MR) is 56.1 cm³/mol. The van der Waals surface area contributed by atoms with E-state index >= 15 is 0 Å². The first-order valence-electron chi connectivity index (χ1n) is 5.08. The first-order valence-corrected chi connectivity index (χ1v) is 5.08. The number of carbonyl (C=O) groups is 1. The van der Waals surface area contributed by atoms with Crippen LogP contribution in [0.2, 0.25) is 0 Å². The molecule has 3 nitrogen and oxygen atoms in total. The molecule has 0 heterocycles. The van der Waals surface area contributed by atoms with Crippen molar-refractivity contribution >= 4 is 5.97 Å². The van der Waals surface area contributed by atoms with E-state index in [0.717, 1.165) is 25.7 Å². The van der Waals surface area contributed by atoms with Crippen LogP contribution in [0.1, 0.15) is 39.5 Å². The van der Waals surface area contributed by atoms with E-state index in [0.29, 0.717) is 11.5 Å². The van der Waals surface area contributed by atoms with E-state index < -0.39 is 5.97 Å². The van der Waals surface area contributed by atoms with Gasteiger partial charge in [0.05, 0.1) is 0 Å². The highest BCUT2D eigenvalue weighted by Crippen LogP contribution is 2.13. The SMILES string of the molecule is C/C(=C\CCC(C)CCCO)C(=O)O. The Balaban J connectivity index is 3.62. The third-order valence-electron chi connectivity index (χ3n) is 2.30. The molecule has 0 aromatic rings. The minimum Gasteiger partial charge on any atom is -0.478 e. The molecule has 0 saturated heterocycles. The summed E-state index contributed by atoms with van der Waals surface area (Å²) in [6.07, 6.45) is 5.41. The van der Waals surface area contributed by atoms with Gasteiger partial charge in [-0.2, -0.15) is 0 Å². The predicted octanol–water partition coefficient (Wildman–Crippen LogP) is 2.21. The van der Waals surface area contributed by atoms with Gasteiger partial charge in [-0.3, -0.25) is 0 Å². The van der Waals surface area contributed by atoms with Crippen LogP contribution in [0.15, 0.2) is 11.6 Å². The summed E-state index contributed by atoms with van der Waals surface area (Å²) >= 11 is 0. The van der Waals surface area contributed by atoms with Gasteiger partial charge in [0.2, 0.25) is 0 Å². The number of aliphatic carboxylic acids is 1. The number of rotatable bonds is 7. The molecule has 0 spiro atoms. The summed E-state index contributed by atoms with van der Waals surface area (Å²) in [5.74, 6) is -0.284. The van der Waals surface area contributed by atoms with Crippen molar-refractivity contribution in [2.24, 2.45) is 5.92 Å². The largest absolute Gasteiger partial charge is 0.478 e. The lowest BCUT2D eigenvalue weighted by atomic mass is 9.99. The molecule has 14 heavy (non-hydrogen) atoms. The first-order chi connectivity index (χ1) is 6.57. The second-order valence-electron chi connectivity index (χ2n) is 3.74. The van der Waals surface area contributed by atoms with E-state index in [4.69, 9.17) is 10.2 Å². The van der Waals surface area contributed by atoms with Crippen molar-refractivity contribution in [1.82, 2.24) is 0 Å². The minimum absolute atomic E-state index is 0.244. The van der Waals surface area contributed by atoms with Gasteiger partial charge in [0, 0.05) is 12.2 Å². The van der Waals surface area contributed by atoms with Gasteiger partial charge in [-0.1, -0.05) is 13.0 Å². The Labute approximate surface area is 85.4 Å². The standard InChI is InChI=1S/C11H20O3/c1-9(6-4-8-12)5-3-7-10(2)11(13)14/h7,9,12H,3-6,8H2,1-2H3,(H,13,14)/b10-7+. The molecule has 1 unspecified atom stereocenters. The van der Waals surface area contributed by atoms with E-state index in [1.807, 2.05) is 0 Å². The van der Waals surface area contributed by atoms with Crippen molar-refractivity contribution < 1.29 is 15.0 Å². The van der Waals surface area contributed by atoms with Crippen LogP contribution < -0.4 is 0 Å². The molecule has 0 amide bonds. The van der Waals surface area contributed by atoms with Gasteiger partial charge in [0.1, 0.15) is 0 Å². The lowest BCUT2D eigenvalue weighted by Gasteiger charge is -2.08. The van der Waals surface area contributed by atoms with Gasteiger partial charge >= 0.3 is 5.97 Å². The minimum atomic E-state index is -0.840. The number of hydrogen-bond donors (Lipinski definition) is 2. The lowest BCUT2D eigenvalue weighted by molar-refractivity contribution is -0.132. The zero-order valence-electron chi connectivity index (χ0n) is 8.99. The van der Waals surface area contributed by atoms with Crippen LogP contribution >= 0.6 is 0 Å². The van der Waals surface area contributed by atoms with Crippen molar-refractivity contribution in [2.45, 2.75) is 39.5 Å². The van der Waals surface area contributed by atoms with Gasteiger partial charge in [-0.15, -0.1) is 0 Å². The molecule has 0 fully saturated rings. The first kappa shape index (κ1) is 13.2. The van der Waals surface area contributed by atoms with Crippen LogP contribution in [0.4, 0.5) is 0 Å². The van der Waals surface area contributed by atoms with Crippen LogP contribution in [-0.2, 0) is 4.79 Å². The number of allylic oxidation sites excluding steroid dienone is 1. The summed E-state index contributed by atoms with van der Waals surface area (Å²) in [7, 11) is 0. The van der Waals surface area contributed by atoms with Gasteiger partial charge in [0.15, 0.2) is 0 Å². The monoisotopic (exact) mass is 200 g/mol. The third kappa shape index (κ3) is 6.66. The van der Waals surface area contributed by atoms with Crippen LogP contribution in [0.25, 0.3) is 0 Å². The molecule has 0 aliphatic rings. The molecular weight excluding hydrogens is 180 g/mol. The zero-order chi connectivity index (χ0) is 11.0. The maximum absolute atomic E-state index is 10.4. The van der Waals surface area contributed by atoms with Gasteiger partial charge in [0.25, 0.3) is 0 Å². The maximum Gasteiger partial charge on any atom is 0.330 e. The Morgan fingerprint density at radius 1 is 1.43 bits per heavy atom. The van der Waals surface area contributed by atoms with Crippen LogP contribution in [-0.4, -0.2) is 22.8 Å². The number of carboxylic acid groups (broad SMARTS) is 1. The Bertz CT molecular complexity index is 197. The van der Waals surface area contributed by atoms with Crippen molar-refractivity contribution in [3.63, 3.8) is 0 Å². The third-order valence-corrected chi connectivity index (χ3v) is 2.30. The molecule has 0 aliphatic heterocycles. The maximum atomic E-state index is 10.4. The highest BCUT2D eigenvalue weighted by molar-refractivity contribution is 5.85. The van der Waals surface area contributed by atoms with E-state index in [9.17, 15) is 4.79 Å². The molecule has 0 aliphatic carbocycles.